The number of likely N-dealkylation sites (tertiary alicyclic amines) is 1. The largest absolute Gasteiger partial charge is 0.380 e. The Morgan fingerprint density at radius 2 is 2.24 bits per heavy atom. The van der Waals surface area contributed by atoms with Gasteiger partial charge in [0, 0.05) is 38.9 Å². The molecular weight excluding hydrogens is 391 g/mol. The van der Waals surface area contributed by atoms with Crippen LogP contribution >= 0.6 is 38.5 Å². The summed E-state index contributed by atoms with van der Waals surface area (Å²) in [5, 5.41) is 3.66. The Labute approximate surface area is 125 Å². The van der Waals surface area contributed by atoms with Crippen molar-refractivity contribution in [2.24, 2.45) is 0 Å². The van der Waals surface area contributed by atoms with Crippen LogP contribution in [0.5, 0.6) is 0 Å². The van der Waals surface area contributed by atoms with Crippen molar-refractivity contribution in [3.63, 3.8) is 0 Å². The molecule has 0 bridgehead atoms. The summed E-state index contributed by atoms with van der Waals surface area (Å²) in [5.41, 5.74) is 1.25. The van der Waals surface area contributed by atoms with Crippen LogP contribution in [0.2, 0.25) is 0 Å². The number of halogens is 2. The molecule has 1 N–H and O–H groups in total. The Hall–Kier alpha value is 0.190. The van der Waals surface area contributed by atoms with Crippen molar-refractivity contribution in [3.05, 3.63) is 26.2 Å². The lowest BCUT2D eigenvalue weighted by Gasteiger charge is -2.21. The minimum absolute atomic E-state index is 0.584. The highest BCUT2D eigenvalue weighted by Crippen LogP contribution is 2.25. The van der Waals surface area contributed by atoms with Gasteiger partial charge in [0.1, 0.15) is 0 Å². The Balaban J connectivity index is 2.00. The molecule has 0 saturated carbocycles. The zero-order chi connectivity index (χ0) is 12.4. The summed E-state index contributed by atoms with van der Waals surface area (Å²) < 4.78 is 2.42. The molecular formula is C13H18BrIN2. The molecule has 0 aliphatic carbocycles. The second kappa shape index (κ2) is 5.89. The van der Waals surface area contributed by atoms with E-state index in [0.29, 0.717) is 12.1 Å². The van der Waals surface area contributed by atoms with Gasteiger partial charge in [-0.25, -0.2) is 0 Å². The van der Waals surface area contributed by atoms with E-state index in [9.17, 15) is 0 Å². The van der Waals surface area contributed by atoms with E-state index in [1.54, 1.807) is 0 Å². The van der Waals surface area contributed by atoms with E-state index in [0.717, 1.165) is 11.0 Å². The van der Waals surface area contributed by atoms with Gasteiger partial charge in [-0.15, -0.1) is 0 Å². The first-order valence-corrected chi connectivity index (χ1v) is 7.89. The standard InChI is InChI=1S/C13H18BrIN2/c1-9(2)17-6-5-11(8-17)16-13-7-10(14)3-4-12(13)15/h3-4,7,9,11,16H,5-6,8H2,1-2H3. The molecule has 4 heteroatoms. The molecule has 94 valence electrons. The van der Waals surface area contributed by atoms with Crippen LogP contribution in [0.25, 0.3) is 0 Å². The second-order valence-corrected chi connectivity index (χ2v) is 6.92. The van der Waals surface area contributed by atoms with E-state index >= 15 is 0 Å². The van der Waals surface area contributed by atoms with Gasteiger partial charge in [-0.2, -0.15) is 0 Å². The highest BCUT2D eigenvalue weighted by atomic mass is 127. The molecule has 0 spiro atoms. The minimum atomic E-state index is 0.584. The third-order valence-electron chi connectivity index (χ3n) is 3.24. The van der Waals surface area contributed by atoms with Crippen LogP contribution in [0.3, 0.4) is 0 Å². The molecule has 1 aromatic rings. The molecule has 1 saturated heterocycles. The molecule has 2 nitrogen and oxygen atoms in total. The van der Waals surface area contributed by atoms with Crippen LogP contribution in [0, 0.1) is 3.57 Å². The summed E-state index contributed by atoms with van der Waals surface area (Å²) in [5.74, 6) is 0. The summed E-state index contributed by atoms with van der Waals surface area (Å²) in [4.78, 5) is 2.53. The lowest BCUT2D eigenvalue weighted by atomic mass is 10.2. The van der Waals surface area contributed by atoms with Crippen LogP contribution < -0.4 is 5.32 Å². The van der Waals surface area contributed by atoms with E-state index in [-0.39, 0.29) is 0 Å². The SMILES string of the molecule is CC(C)N1CCC(Nc2cc(Br)ccc2I)C1. The van der Waals surface area contributed by atoms with Crippen LogP contribution in [-0.2, 0) is 0 Å². The third kappa shape index (κ3) is 3.58. The van der Waals surface area contributed by atoms with E-state index in [1.807, 2.05) is 0 Å². The molecule has 1 fully saturated rings. The Kier molecular flexibility index (Phi) is 4.72. The highest BCUT2D eigenvalue weighted by molar-refractivity contribution is 14.1. The van der Waals surface area contributed by atoms with Crippen molar-refractivity contribution in [1.82, 2.24) is 4.90 Å². The fourth-order valence-corrected chi connectivity index (χ4v) is 3.05. The predicted octanol–water partition coefficient (Wildman–Crippen LogP) is 3.95. The Bertz CT molecular complexity index is 395. The smallest absolute Gasteiger partial charge is 0.0489 e. The van der Waals surface area contributed by atoms with Gasteiger partial charge in [-0.3, -0.25) is 4.90 Å². The normalized spacial score (nSPS) is 21.1. The van der Waals surface area contributed by atoms with E-state index in [2.05, 4.69) is 80.8 Å². The molecule has 17 heavy (non-hydrogen) atoms. The maximum Gasteiger partial charge on any atom is 0.0489 e. The van der Waals surface area contributed by atoms with Crippen LogP contribution in [0.1, 0.15) is 20.3 Å². The summed E-state index contributed by atoms with van der Waals surface area (Å²) in [6, 6.07) is 7.63. The van der Waals surface area contributed by atoms with E-state index in [1.165, 1.54) is 22.2 Å². The van der Waals surface area contributed by atoms with Gasteiger partial charge in [0.05, 0.1) is 0 Å². The molecule has 0 radical (unpaired) electrons. The second-order valence-electron chi connectivity index (χ2n) is 4.84. The van der Waals surface area contributed by atoms with Gasteiger partial charge in [-0.1, -0.05) is 15.9 Å². The fourth-order valence-electron chi connectivity index (χ4n) is 2.20. The number of anilines is 1. The average molecular weight is 409 g/mol. The number of hydrogen-bond donors (Lipinski definition) is 1. The van der Waals surface area contributed by atoms with Crippen LogP contribution in [0.15, 0.2) is 22.7 Å². The zero-order valence-corrected chi connectivity index (χ0v) is 14.0. The first kappa shape index (κ1) is 13.6. The first-order valence-electron chi connectivity index (χ1n) is 6.02. The van der Waals surface area contributed by atoms with Crippen molar-refractivity contribution in [3.8, 4) is 0 Å². The van der Waals surface area contributed by atoms with Crippen LogP contribution in [-0.4, -0.2) is 30.1 Å². The van der Waals surface area contributed by atoms with Crippen molar-refractivity contribution in [1.29, 1.82) is 0 Å². The summed E-state index contributed by atoms with van der Waals surface area (Å²) in [6.45, 7) is 6.90. The number of rotatable bonds is 3. The van der Waals surface area contributed by atoms with Gasteiger partial charge in [-0.05, 0) is 61.1 Å². The number of nitrogens with one attached hydrogen (secondary N) is 1. The molecule has 1 aromatic carbocycles. The van der Waals surface area contributed by atoms with Crippen LogP contribution in [0.4, 0.5) is 5.69 Å². The Morgan fingerprint density at radius 1 is 1.47 bits per heavy atom. The average Bonchev–Trinajstić information content (AvgIpc) is 2.72. The number of hydrogen-bond acceptors (Lipinski definition) is 2. The van der Waals surface area contributed by atoms with E-state index < -0.39 is 0 Å². The molecule has 1 aliphatic rings. The van der Waals surface area contributed by atoms with Gasteiger partial charge >= 0.3 is 0 Å². The molecule has 1 heterocycles. The van der Waals surface area contributed by atoms with Gasteiger partial charge in [0.25, 0.3) is 0 Å². The quantitative estimate of drug-likeness (QED) is 0.761. The third-order valence-corrected chi connectivity index (χ3v) is 4.67. The van der Waals surface area contributed by atoms with Crippen molar-refractivity contribution in [2.45, 2.75) is 32.4 Å². The van der Waals surface area contributed by atoms with Gasteiger partial charge in [0.15, 0.2) is 0 Å². The van der Waals surface area contributed by atoms with Gasteiger partial charge in [0.2, 0.25) is 0 Å². The van der Waals surface area contributed by atoms with Crippen molar-refractivity contribution >= 4 is 44.2 Å². The summed E-state index contributed by atoms with van der Waals surface area (Å²) >= 11 is 5.91. The maximum absolute atomic E-state index is 3.66. The van der Waals surface area contributed by atoms with E-state index in [4.69, 9.17) is 0 Å². The maximum atomic E-state index is 3.66. The van der Waals surface area contributed by atoms with Gasteiger partial charge < -0.3 is 5.32 Å². The lowest BCUT2D eigenvalue weighted by Crippen LogP contribution is -2.31. The molecule has 0 aromatic heterocycles. The topological polar surface area (TPSA) is 15.3 Å². The number of nitrogens with zero attached hydrogens (tertiary/aromatic N) is 1. The highest BCUT2D eigenvalue weighted by Gasteiger charge is 2.24. The molecule has 0 amide bonds. The van der Waals surface area contributed by atoms with Crippen molar-refractivity contribution < 1.29 is 0 Å². The van der Waals surface area contributed by atoms with Crippen molar-refractivity contribution in [2.75, 3.05) is 18.4 Å². The number of benzene rings is 1. The Morgan fingerprint density at radius 3 is 2.88 bits per heavy atom. The predicted molar refractivity (Wildman–Crippen MR) is 85.6 cm³/mol. The molecule has 1 unspecified atom stereocenters. The molecule has 2 rings (SSSR count). The summed E-state index contributed by atoms with van der Waals surface area (Å²) in [6.07, 6.45) is 1.24. The molecule has 1 aliphatic heterocycles. The fraction of sp³-hybridized carbons (Fsp3) is 0.538. The minimum Gasteiger partial charge on any atom is -0.380 e. The lowest BCUT2D eigenvalue weighted by molar-refractivity contribution is 0.274. The first-order chi connectivity index (χ1) is 8.06. The summed E-state index contributed by atoms with van der Waals surface area (Å²) in [7, 11) is 0. The zero-order valence-electron chi connectivity index (χ0n) is 10.2. The monoisotopic (exact) mass is 408 g/mol. The molecule has 1 atom stereocenters.